The molecule has 0 aliphatic rings. The first-order valence-corrected chi connectivity index (χ1v) is 6.18. The molecular weight excluding hydrogens is 266 g/mol. The number of rotatable bonds is 5. The van der Waals surface area contributed by atoms with Crippen molar-refractivity contribution in [3.05, 3.63) is 20.8 Å². The van der Waals surface area contributed by atoms with Gasteiger partial charge in [-0.25, -0.2) is 4.79 Å². The fourth-order valence-corrected chi connectivity index (χ4v) is 1.98. The molecule has 0 spiro atoms. The summed E-state index contributed by atoms with van der Waals surface area (Å²) in [5.41, 5.74) is -0.695. The standard InChI is InChI=1S/C11H17N5O4/c1-6(18)5-16-7-8(13-10(16)12-3-4-17)15(2)11(20)14-9(7)19/h6,17-18H,3-5H2,1-2H3,(H,12,13)(H,14,19,20). The van der Waals surface area contributed by atoms with Gasteiger partial charge in [-0.15, -0.1) is 0 Å². The van der Waals surface area contributed by atoms with E-state index in [1.54, 1.807) is 6.92 Å². The Kier molecular flexibility index (Phi) is 3.91. The van der Waals surface area contributed by atoms with Gasteiger partial charge in [0.1, 0.15) is 0 Å². The second kappa shape index (κ2) is 5.47. The van der Waals surface area contributed by atoms with Crippen LogP contribution in [0.4, 0.5) is 5.95 Å². The van der Waals surface area contributed by atoms with Gasteiger partial charge in [0.25, 0.3) is 5.56 Å². The lowest BCUT2D eigenvalue weighted by molar-refractivity contribution is 0.175. The molecule has 1 atom stereocenters. The highest BCUT2D eigenvalue weighted by Crippen LogP contribution is 2.15. The van der Waals surface area contributed by atoms with Gasteiger partial charge in [-0.2, -0.15) is 4.98 Å². The number of H-pyrrole nitrogens is 1. The topological polar surface area (TPSA) is 125 Å². The van der Waals surface area contributed by atoms with Gasteiger partial charge in [-0.05, 0) is 6.92 Å². The van der Waals surface area contributed by atoms with Crippen molar-refractivity contribution in [2.24, 2.45) is 7.05 Å². The molecule has 9 heteroatoms. The summed E-state index contributed by atoms with van der Waals surface area (Å²) >= 11 is 0. The lowest BCUT2D eigenvalue weighted by Gasteiger charge is -2.11. The van der Waals surface area contributed by atoms with Crippen molar-refractivity contribution in [2.75, 3.05) is 18.5 Å². The van der Waals surface area contributed by atoms with Gasteiger partial charge in [-0.3, -0.25) is 14.3 Å². The highest BCUT2D eigenvalue weighted by Gasteiger charge is 2.17. The smallest absolute Gasteiger partial charge is 0.329 e. The van der Waals surface area contributed by atoms with E-state index in [1.165, 1.54) is 16.2 Å². The van der Waals surface area contributed by atoms with Crippen molar-refractivity contribution < 1.29 is 10.2 Å². The van der Waals surface area contributed by atoms with Gasteiger partial charge < -0.3 is 20.1 Å². The molecule has 20 heavy (non-hydrogen) atoms. The molecule has 0 radical (unpaired) electrons. The molecule has 0 aromatic carbocycles. The number of aromatic nitrogens is 4. The third-order valence-corrected chi connectivity index (χ3v) is 2.85. The van der Waals surface area contributed by atoms with Crippen LogP contribution in [0.25, 0.3) is 11.2 Å². The number of fused-ring (bicyclic) bond motifs is 1. The molecule has 9 nitrogen and oxygen atoms in total. The van der Waals surface area contributed by atoms with E-state index in [4.69, 9.17) is 5.11 Å². The minimum absolute atomic E-state index is 0.104. The van der Waals surface area contributed by atoms with E-state index in [9.17, 15) is 14.7 Å². The number of nitrogens with zero attached hydrogens (tertiary/aromatic N) is 3. The number of aliphatic hydroxyl groups is 2. The molecule has 2 heterocycles. The molecule has 0 bridgehead atoms. The van der Waals surface area contributed by atoms with Gasteiger partial charge in [0.2, 0.25) is 5.95 Å². The Morgan fingerprint density at radius 2 is 2.15 bits per heavy atom. The maximum absolute atomic E-state index is 12.0. The van der Waals surface area contributed by atoms with Crippen molar-refractivity contribution in [1.82, 2.24) is 19.1 Å². The lowest BCUT2D eigenvalue weighted by Crippen LogP contribution is -2.29. The van der Waals surface area contributed by atoms with Crippen molar-refractivity contribution in [3.8, 4) is 0 Å². The van der Waals surface area contributed by atoms with E-state index in [-0.39, 0.29) is 30.9 Å². The molecule has 0 saturated carbocycles. The zero-order valence-corrected chi connectivity index (χ0v) is 11.3. The number of aromatic amines is 1. The van der Waals surface area contributed by atoms with E-state index in [0.29, 0.717) is 5.95 Å². The fraction of sp³-hybridized carbons (Fsp3) is 0.545. The van der Waals surface area contributed by atoms with Crippen LogP contribution >= 0.6 is 0 Å². The van der Waals surface area contributed by atoms with Crippen LogP contribution < -0.4 is 16.6 Å². The number of hydrogen-bond acceptors (Lipinski definition) is 6. The average molecular weight is 283 g/mol. The van der Waals surface area contributed by atoms with Crippen molar-refractivity contribution in [3.63, 3.8) is 0 Å². The second-order valence-electron chi connectivity index (χ2n) is 4.54. The number of nitrogens with one attached hydrogen (secondary N) is 2. The molecule has 0 aliphatic heterocycles. The molecule has 2 aromatic rings. The third kappa shape index (κ3) is 2.45. The molecule has 0 saturated heterocycles. The van der Waals surface area contributed by atoms with Crippen LogP contribution in [0.1, 0.15) is 6.92 Å². The molecular formula is C11H17N5O4. The van der Waals surface area contributed by atoms with Gasteiger partial charge >= 0.3 is 5.69 Å². The number of aliphatic hydroxyl groups excluding tert-OH is 2. The molecule has 0 fully saturated rings. The first-order valence-electron chi connectivity index (χ1n) is 6.18. The van der Waals surface area contributed by atoms with Crippen LogP contribution in [0, 0.1) is 0 Å². The molecule has 2 aromatic heterocycles. The number of anilines is 1. The van der Waals surface area contributed by atoms with E-state index in [2.05, 4.69) is 15.3 Å². The molecule has 4 N–H and O–H groups in total. The first kappa shape index (κ1) is 14.3. The summed E-state index contributed by atoms with van der Waals surface area (Å²) in [6.45, 7) is 1.87. The molecule has 0 aliphatic carbocycles. The predicted molar refractivity (Wildman–Crippen MR) is 72.9 cm³/mol. The lowest BCUT2D eigenvalue weighted by atomic mass is 10.4. The Bertz CT molecular complexity index is 727. The predicted octanol–water partition coefficient (Wildman–Crippen LogP) is -1.79. The Labute approximate surface area is 113 Å². The zero-order chi connectivity index (χ0) is 14.9. The Morgan fingerprint density at radius 3 is 2.75 bits per heavy atom. The number of imidazole rings is 1. The highest BCUT2D eigenvalue weighted by atomic mass is 16.3. The largest absolute Gasteiger partial charge is 0.395 e. The summed E-state index contributed by atoms with van der Waals surface area (Å²) < 4.78 is 2.72. The summed E-state index contributed by atoms with van der Waals surface area (Å²) in [5, 5.41) is 21.3. The Balaban J connectivity index is 2.72. The highest BCUT2D eigenvalue weighted by molar-refractivity contribution is 5.74. The molecule has 0 amide bonds. The second-order valence-corrected chi connectivity index (χ2v) is 4.54. The summed E-state index contributed by atoms with van der Waals surface area (Å²) in [5.74, 6) is 0.321. The molecule has 1 unspecified atom stereocenters. The Morgan fingerprint density at radius 1 is 1.45 bits per heavy atom. The number of hydrogen-bond donors (Lipinski definition) is 4. The van der Waals surface area contributed by atoms with E-state index < -0.39 is 17.4 Å². The Hall–Kier alpha value is -2.13. The van der Waals surface area contributed by atoms with E-state index >= 15 is 0 Å². The normalized spacial score (nSPS) is 12.8. The van der Waals surface area contributed by atoms with Gasteiger partial charge in [0.05, 0.1) is 19.3 Å². The van der Waals surface area contributed by atoms with Crippen molar-refractivity contribution in [1.29, 1.82) is 0 Å². The van der Waals surface area contributed by atoms with Crippen molar-refractivity contribution in [2.45, 2.75) is 19.6 Å². The summed E-state index contributed by atoms with van der Waals surface area (Å²) in [6, 6.07) is 0. The summed E-state index contributed by atoms with van der Waals surface area (Å²) in [4.78, 5) is 29.9. The van der Waals surface area contributed by atoms with E-state index in [0.717, 1.165) is 0 Å². The SMILES string of the molecule is CC(O)Cn1c(NCCO)nc2c1c(=O)[nH]c(=O)n2C. The average Bonchev–Trinajstić information content (AvgIpc) is 2.72. The van der Waals surface area contributed by atoms with Crippen LogP contribution in [0.2, 0.25) is 0 Å². The third-order valence-electron chi connectivity index (χ3n) is 2.85. The molecule has 110 valence electrons. The minimum atomic E-state index is -0.696. The summed E-state index contributed by atoms with van der Waals surface area (Å²) in [6.07, 6.45) is -0.696. The summed E-state index contributed by atoms with van der Waals surface area (Å²) in [7, 11) is 1.50. The fourth-order valence-electron chi connectivity index (χ4n) is 1.98. The van der Waals surface area contributed by atoms with Crippen LogP contribution in [0.15, 0.2) is 9.59 Å². The monoisotopic (exact) mass is 283 g/mol. The van der Waals surface area contributed by atoms with Crippen LogP contribution in [-0.4, -0.2) is 48.6 Å². The zero-order valence-electron chi connectivity index (χ0n) is 11.3. The van der Waals surface area contributed by atoms with Gasteiger partial charge in [-0.1, -0.05) is 0 Å². The number of aryl methyl sites for hydroxylation is 1. The minimum Gasteiger partial charge on any atom is -0.395 e. The van der Waals surface area contributed by atoms with Crippen LogP contribution in [0.5, 0.6) is 0 Å². The van der Waals surface area contributed by atoms with Gasteiger partial charge in [0, 0.05) is 13.6 Å². The van der Waals surface area contributed by atoms with Crippen LogP contribution in [0.3, 0.4) is 0 Å². The maximum Gasteiger partial charge on any atom is 0.329 e. The first-order chi connectivity index (χ1) is 9.45. The molecule has 2 rings (SSSR count). The van der Waals surface area contributed by atoms with Crippen LogP contribution in [-0.2, 0) is 13.6 Å². The maximum atomic E-state index is 12.0. The van der Waals surface area contributed by atoms with Crippen molar-refractivity contribution >= 4 is 17.1 Å². The quantitative estimate of drug-likeness (QED) is 0.513. The van der Waals surface area contributed by atoms with Gasteiger partial charge in [0.15, 0.2) is 11.2 Å². The van der Waals surface area contributed by atoms with E-state index in [1.807, 2.05) is 0 Å².